The summed E-state index contributed by atoms with van der Waals surface area (Å²) in [5.41, 5.74) is 0. The number of hydrogen-bond acceptors (Lipinski definition) is 3. The summed E-state index contributed by atoms with van der Waals surface area (Å²) < 4.78 is 5.79. The third kappa shape index (κ3) is 6.49. The van der Waals surface area contributed by atoms with Gasteiger partial charge in [-0.3, -0.25) is 0 Å². The molecule has 0 radical (unpaired) electrons. The molecule has 3 nitrogen and oxygen atoms in total. The van der Waals surface area contributed by atoms with Crippen LogP contribution in [0, 0.1) is 5.92 Å². The summed E-state index contributed by atoms with van der Waals surface area (Å²) in [4.78, 5) is 2.62. The zero-order valence-corrected chi connectivity index (χ0v) is 13.4. The fraction of sp³-hybridized carbons (Fsp3) is 0.667. The van der Waals surface area contributed by atoms with Crippen molar-refractivity contribution in [2.75, 3.05) is 39.3 Å². The van der Waals surface area contributed by atoms with Crippen molar-refractivity contribution in [3.8, 4) is 5.75 Å². The van der Waals surface area contributed by atoms with E-state index in [4.69, 9.17) is 4.74 Å². The third-order valence-corrected chi connectivity index (χ3v) is 4.09. The summed E-state index contributed by atoms with van der Waals surface area (Å²) in [6.45, 7) is 9.08. The van der Waals surface area contributed by atoms with E-state index in [0.717, 1.165) is 31.2 Å². The highest BCUT2D eigenvalue weighted by Gasteiger charge is 2.16. The zero-order chi connectivity index (χ0) is 14.8. The number of ether oxygens (including phenoxy) is 1. The molecular formula is C18H30N2O. The lowest BCUT2D eigenvalue weighted by Gasteiger charge is -2.30. The van der Waals surface area contributed by atoms with Crippen LogP contribution in [0.3, 0.4) is 0 Å². The van der Waals surface area contributed by atoms with Crippen molar-refractivity contribution in [1.82, 2.24) is 10.2 Å². The molecule has 21 heavy (non-hydrogen) atoms. The number of para-hydroxylation sites is 1. The number of rotatable bonds is 9. The maximum Gasteiger partial charge on any atom is 0.119 e. The number of nitrogens with one attached hydrogen (secondary N) is 1. The highest BCUT2D eigenvalue weighted by Crippen LogP contribution is 2.13. The van der Waals surface area contributed by atoms with Crippen molar-refractivity contribution in [2.24, 2.45) is 5.92 Å². The Morgan fingerprint density at radius 3 is 2.81 bits per heavy atom. The molecule has 1 N–H and O–H groups in total. The Labute approximate surface area is 129 Å². The van der Waals surface area contributed by atoms with Gasteiger partial charge >= 0.3 is 0 Å². The molecular weight excluding hydrogens is 260 g/mol. The summed E-state index contributed by atoms with van der Waals surface area (Å²) in [7, 11) is 0. The minimum atomic E-state index is 0.813. The largest absolute Gasteiger partial charge is 0.494 e. The first-order chi connectivity index (χ1) is 10.4. The topological polar surface area (TPSA) is 24.5 Å². The molecule has 2 rings (SSSR count). The van der Waals surface area contributed by atoms with Crippen LogP contribution in [0.5, 0.6) is 5.75 Å². The van der Waals surface area contributed by atoms with E-state index in [9.17, 15) is 0 Å². The summed E-state index contributed by atoms with van der Waals surface area (Å²) in [6, 6.07) is 10.1. The van der Waals surface area contributed by atoms with Crippen molar-refractivity contribution in [3.63, 3.8) is 0 Å². The lowest BCUT2D eigenvalue weighted by atomic mass is 9.99. The quantitative estimate of drug-likeness (QED) is 0.707. The van der Waals surface area contributed by atoms with Gasteiger partial charge in [0.15, 0.2) is 0 Å². The minimum Gasteiger partial charge on any atom is -0.494 e. The second kappa shape index (κ2) is 9.80. The normalized spacial score (nSPS) is 18.9. The summed E-state index contributed by atoms with van der Waals surface area (Å²) in [5.74, 6) is 1.82. The van der Waals surface area contributed by atoms with Gasteiger partial charge in [-0.2, -0.15) is 0 Å². The number of benzene rings is 1. The molecule has 1 aromatic carbocycles. The maximum absolute atomic E-state index is 5.79. The predicted molar refractivity (Wildman–Crippen MR) is 88.9 cm³/mol. The standard InChI is InChI=1S/C18H30N2O/c1-2-12-20(16-17-8-6-11-19-15-17)13-7-14-21-18-9-4-3-5-10-18/h3-5,9-10,17,19H,2,6-8,11-16H2,1H3. The smallest absolute Gasteiger partial charge is 0.119 e. The van der Waals surface area contributed by atoms with Gasteiger partial charge in [0.1, 0.15) is 5.75 Å². The summed E-state index contributed by atoms with van der Waals surface area (Å²) in [5, 5.41) is 3.52. The van der Waals surface area contributed by atoms with Crippen molar-refractivity contribution in [3.05, 3.63) is 30.3 Å². The van der Waals surface area contributed by atoms with Crippen molar-refractivity contribution < 1.29 is 4.74 Å². The molecule has 1 fully saturated rings. The Balaban J connectivity index is 1.64. The maximum atomic E-state index is 5.79. The fourth-order valence-electron chi connectivity index (χ4n) is 3.05. The highest BCUT2D eigenvalue weighted by atomic mass is 16.5. The van der Waals surface area contributed by atoms with E-state index in [2.05, 4.69) is 17.1 Å². The van der Waals surface area contributed by atoms with E-state index >= 15 is 0 Å². The molecule has 1 aliphatic rings. The van der Waals surface area contributed by atoms with Crippen LogP contribution in [0.1, 0.15) is 32.6 Å². The van der Waals surface area contributed by atoms with Crippen LogP contribution in [0.15, 0.2) is 30.3 Å². The Hall–Kier alpha value is -1.06. The van der Waals surface area contributed by atoms with Crippen molar-refractivity contribution in [1.29, 1.82) is 0 Å². The van der Waals surface area contributed by atoms with Gasteiger partial charge in [0, 0.05) is 13.1 Å². The van der Waals surface area contributed by atoms with Gasteiger partial charge in [-0.05, 0) is 63.4 Å². The lowest BCUT2D eigenvalue weighted by molar-refractivity contribution is 0.191. The van der Waals surface area contributed by atoms with Gasteiger partial charge in [-0.25, -0.2) is 0 Å². The van der Waals surface area contributed by atoms with Crippen LogP contribution in [0.2, 0.25) is 0 Å². The molecule has 1 aromatic rings. The van der Waals surface area contributed by atoms with Gasteiger partial charge in [0.25, 0.3) is 0 Å². The van der Waals surface area contributed by atoms with E-state index in [-0.39, 0.29) is 0 Å². The average molecular weight is 290 g/mol. The fourth-order valence-corrected chi connectivity index (χ4v) is 3.05. The molecule has 1 saturated heterocycles. The van der Waals surface area contributed by atoms with Crippen LogP contribution in [-0.2, 0) is 0 Å². The van der Waals surface area contributed by atoms with E-state index in [1.807, 2.05) is 30.3 Å². The van der Waals surface area contributed by atoms with Gasteiger partial charge < -0.3 is 15.0 Å². The molecule has 3 heteroatoms. The molecule has 0 aliphatic carbocycles. The van der Waals surface area contributed by atoms with Crippen LogP contribution in [-0.4, -0.2) is 44.2 Å². The zero-order valence-electron chi connectivity index (χ0n) is 13.4. The number of hydrogen-bond donors (Lipinski definition) is 1. The number of nitrogens with zero attached hydrogens (tertiary/aromatic N) is 1. The molecule has 0 bridgehead atoms. The monoisotopic (exact) mass is 290 g/mol. The SMILES string of the molecule is CCCN(CCCOc1ccccc1)CC1CCCNC1. The van der Waals surface area contributed by atoms with Crippen LogP contribution < -0.4 is 10.1 Å². The molecule has 0 saturated carbocycles. The minimum absolute atomic E-state index is 0.813. The molecule has 1 aliphatic heterocycles. The van der Waals surface area contributed by atoms with E-state index in [0.29, 0.717) is 0 Å². The van der Waals surface area contributed by atoms with E-state index in [1.165, 1.54) is 45.4 Å². The first kappa shape index (κ1) is 16.3. The van der Waals surface area contributed by atoms with Gasteiger partial charge in [-0.1, -0.05) is 25.1 Å². The molecule has 1 atom stereocenters. The molecule has 0 amide bonds. The first-order valence-corrected chi connectivity index (χ1v) is 8.49. The highest BCUT2D eigenvalue weighted by molar-refractivity contribution is 5.20. The Kier molecular flexibility index (Phi) is 7.61. The van der Waals surface area contributed by atoms with Gasteiger partial charge in [0.2, 0.25) is 0 Å². The molecule has 1 heterocycles. The third-order valence-electron chi connectivity index (χ3n) is 4.09. The van der Waals surface area contributed by atoms with E-state index in [1.54, 1.807) is 0 Å². The molecule has 0 aromatic heterocycles. The summed E-state index contributed by atoms with van der Waals surface area (Å²) >= 11 is 0. The first-order valence-electron chi connectivity index (χ1n) is 8.49. The number of piperidine rings is 1. The lowest BCUT2D eigenvalue weighted by Crippen LogP contribution is -2.39. The van der Waals surface area contributed by atoms with Gasteiger partial charge in [0.05, 0.1) is 6.61 Å². The second-order valence-electron chi connectivity index (χ2n) is 6.03. The van der Waals surface area contributed by atoms with Gasteiger partial charge in [-0.15, -0.1) is 0 Å². The van der Waals surface area contributed by atoms with Crippen LogP contribution >= 0.6 is 0 Å². The van der Waals surface area contributed by atoms with Crippen LogP contribution in [0.4, 0.5) is 0 Å². The summed E-state index contributed by atoms with van der Waals surface area (Å²) in [6.07, 6.45) is 5.06. The molecule has 118 valence electrons. The molecule has 1 unspecified atom stereocenters. The Bertz CT molecular complexity index is 363. The second-order valence-corrected chi connectivity index (χ2v) is 6.03. The van der Waals surface area contributed by atoms with Crippen LogP contribution in [0.25, 0.3) is 0 Å². The van der Waals surface area contributed by atoms with E-state index < -0.39 is 0 Å². The predicted octanol–water partition coefficient (Wildman–Crippen LogP) is 3.17. The van der Waals surface area contributed by atoms with Crippen molar-refractivity contribution in [2.45, 2.75) is 32.6 Å². The van der Waals surface area contributed by atoms with Crippen molar-refractivity contribution >= 4 is 0 Å². The molecule has 0 spiro atoms. The Morgan fingerprint density at radius 2 is 2.10 bits per heavy atom. The Morgan fingerprint density at radius 1 is 1.24 bits per heavy atom. The average Bonchev–Trinajstić information content (AvgIpc) is 2.54.